The standard InChI is InChI=1S/C6H14O2.Ca.2H/c1-2-3-4-6(8)5-7;;;/h6-8H,2-5H2,1H3;;;/q;+2;2*-1. The predicted octanol–water partition coefficient (Wildman–Crippen LogP) is 0.374. The van der Waals surface area contributed by atoms with Crippen molar-refractivity contribution in [1.29, 1.82) is 0 Å². The summed E-state index contributed by atoms with van der Waals surface area (Å²) in [5, 5.41) is 17.1. The maximum Gasteiger partial charge on any atom is 2.00 e. The summed E-state index contributed by atoms with van der Waals surface area (Å²) < 4.78 is 0. The molecule has 0 heterocycles. The molecule has 0 saturated heterocycles. The number of aliphatic hydroxyl groups is 2. The monoisotopic (exact) mass is 160 g/mol. The molecule has 0 saturated carbocycles. The molecular weight excluding hydrogens is 144 g/mol. The van der Waals surface area contributed by atoms with Gasteiger partial charge in [-0.15, -0.1) is 0 Å². The fourth-order valence-corrected chi connectivity index (χ4v) is 0.531. The van der Waals surface area contributed by atoms with Crippen LogP contribution in [-0.2, 0) is 0 Å². The van der Waals surface area contributed by atoms with E-state index in [0.29, 0.717) is 0 Å². The summed E-state index contributed by atoms with van der Waals surface area (Å²) in [7, 11) is 0. The third-order valence-corrected chi connectivity index (χ3v) is 1.10. The van der Waals surface area contributed by atoms with Crippen molar-refractivity contribution in [2.75, 3.05) is 6.61 Å². The third kappa shape index (κ3) is 9.18. The predicted molar refractivity (Wildman–Crippen MR) is 40.6 cm³/mol. The SMILES string of the molecule is CCCCC(O)CO.[Ca+2].[H-].[H-]. The maximum atomic E-state index is 8.74. The molecule has 0 radical (unpaired) electrons. The number of hydrogen-bond acceptors (Lipinski definition) is 2. The van der Waals surface area contributed by atoms with Crippen molar-refractivity contribution in [2.24, 2.45) is 0 Å². The molecule has 0 spiro atoms. The summed E-state index contributed by atoms with van der Waals surface area (Å²) in [5.74, 6) is 0. The summed E-state index contributed by atoms with van der Waals surface area (Å²) in [6.45, 7) is 1.96. The van der Waals surface area contributed by atoms with Crippen LogP contribution in [-0.4, -0.2) is 60.7 Å². The molecule has 0 rings (SSSR count). The zero-order valence-electron chi connectivity index (χ0n) is 8.01. The molecule has 2 N–H and O–H groups in total. The molecule has 0 aromatic rings. The van der Waals surface area contributed by atoms with Gasteiger partial charge in [-0.25, -0.2) is 0 Å². The van der Waals surface area contributed by atoms with Crippen molar-refractivity contribution < 1.29 is 13.1 Å². The molecule has 3 heteroatoms. The van der Waals surface area contributed by atoms with Crippen molar-refractivity contribution in [3.63, 3.8) is 0 Å². The Morgan fingerprint density at radius 2 is 2.11 bits per heavy atom. The van der Waals surface area contributed by atoms with Gasteiger partial charge >= 0.3 is 37.7 Å². The third-order valence-electron chi connectivity index (χ3n) is 1.10. The first kappa shape index (κ1) is 12.8. The van der Waals surface area contributed by atoms with Gasteiger partial charge in [0.2, 0.25) is 0 Å². The first-order chi connectivity index (χ1) is 3.81. The summed E-state index contributed by atoms with van der Waals surface area (Å²) in [5.41, 5.74) is 0. The Hall–Kier alpha value is 1.18. The first-order valence-corrected chi connectivity index (χ1v) is 3.10. The van der Waals surface area contributed by atoms with E-state index in [4.69, 9.17) is 10.2 Å². The Labute approximate surface area is 89.2 Å². The van der Waals surface area contributed by atoms with Crippen LogP contribution in [0.1, 0.15) is 29.0 Å². The molecule has 0 aliphatic carbocycles. The number of hydrogen-bond donors (Lipinski definition) is 2. The second kappa shape index (κ2) is 9.18. The van der Waals surface area contributed by atoms with Gasteiger partial charge < -0.3 is 13.1 Å². The first-order valence-electron chi connectivity index (χ1n) is 3.10. The minimum Gasteiger partial charge on any atom is -1.00 e. The molecule has 0 aliphatic heterocycles. The summed E-state index contributed by atoms with van der Waals surface area (Å²) >= 11 is 0. The molecule has 0 aromatic carbocycles. The molecule has 9 heavy (non-hydrogen) atoms. The molecule has 0 bridgehead atoms. The van der Waals surface area contributed by atoms with Crippen LogP contribution in [0.5, 0.6) is 0 Å². The zero-order chi connectivity index (χ0) is 6.41. The summed E-state index contributed by atoms with van der Waals surface area (Å²) in [6.07, 6.45) is 2.32. The molecule has 0 amide bonds. The van der Waals surface area contributed by atoms with Crippen LogP contribution in [0, 0.1) is 0 Å². The average Bonchev–Trinajstić information content (AvgIpc) is 1.83. The van der Waals surface area contributed by atoms with Gasteiger partial charge in [-0.2, -0.15) is 0 Å². The van der Waals surface area contributed by atoms with Crippen LogP contribution in [0.2, 0.25) is 0 Å². The van der Waals surface area contributed by atoms with E-state index >= 15 is 0 Å². The fourth-order valence-electron chi connectivity index (χ4n) is 0.531. The quantitative estimate of drug-likeness (QED) is 0.583. The van der Waals surface area contributed by atoms with Crippen LogP contribution in [0.15, 0.2) is 0 Å². The minimum absolute atomic E-state index is 0. The molecular formula is C6H16CaO2. The van der Waals surface area contributed by atoms with Crippen molar-refractivity contribution in [2.45, 2.75) is 32.3 Å². The second-order valence-corrected chi connectivity index (χ2v) is 1.98. The maximum absolute atomic E-state index is 8.74. The summed E-state index contributed by atoms with van der Waals surface area (Å²) in [4.78, 5) is 0. The molecule has 1 atom stereocenters. The molecule has 2 nitrogen and oxygen atoms in total. The molecule has 0 fully saturated rings. The second-order valence-electron chi connectivity index (χ2n) is 1.98. The van der Waals surface area contributed by atoms with Crippen molar-refractivity contribution in [1.82, 2.24) is 0 Å². The van der Waals surface area contributed by atoms with E-state index in [1.165, 1.54) is 0 Å². The van der Waals surface area contributed by atoms with Crippen LogP contribution < -0.4 is 0 Å². The van der Waals surface area contributed by atoms with Crippen molar-refractivity contribution in [3.8, 4) is 0 Å². The van der Waals surface area contributed by atoms with Crippen molar-refractivity contribution >= 4 is 37.7 Å². The van der Waals surface area contributed by atoms with E-state index in [0.717, 1.165) is 19.3 Å². The van der Waals surface area contributed by atoms with Crippen LogP contribution in [0.4, 0.5) is 0 Å². The van der Waals surface area contributed by atoms with Crippen LogP contribution in [0.3, 0.4) is 0 Å². The molecule has 0 aliphatic rings. The number of aliphatic hydroxyl groups excluding tert-OH is 2. The van der Waals surface area contributed by atoms with E-state index < -0.39 is 6.10 Å². The topological polar surface area (TPSA) is 40.5 Å². The fraction of sp³-hybridized carbons (Fsp3) is 1.00. The minimum atomic E-state index is -0.491. The Balaban J connectivity index is -0.0000000817. The Morgan fingerprint density at radius 3 is 2.44 bits per heavy atom. The zero-order valence-corrected chi connectivity index (χ0v) is 8.22. The number of unbranched alkanes of at least 4 members (excludes halogenated alkanes) is 1. The van der Waals surface area contributed by atoms with Gasteiger partial charge in [0.25, 0.3) is 0 Å². The van der Waals surface area contributed by atoms with Gasteiger partial charge in [0.05, 0.1) is 12.7 Å². The Kier molecular flexibility index (Phi) is 13.1. The molecule has 54 valence electrons. The van der Waals surface area contributed by atoms with Crippen molar-refractivity contribution in [3.05, 3.63) is 0 Å². The molecule has 1 unspecified atom stereocenters. The van der Waals surface area contributed by atoms with Gasteiger partial charge in [-0.3, -0.25) is 0 Å². The summed E-state index contributed by atoms with van der Waals surface area (Å²) in [6, 6.07) is 0. The van der Waals surface area contributed by atoms with Gasteiger partial charge in [-0.1, -0.05) is 19.8 Å². The van der Waals surface area contributed by atoms with Gasteiger partial charge in [0.1, 0.15) is 0 Å². The van der Waals surface area contributed by atoms with E-state index in [2.05, 4.69) is 6.92 Å². The number of rotatable bonds is 4. The van der Waals surface area contributed by atoms with Crippen LogP contribution >= 0.6 is 0 Å². The van der Waals surface area contributed by atoms with E-state index in [1.807, 2.05) is 0 Å². The normalized spacial score (nSPS) is 12.3. The molecule has 0 aromatic heterocycles. The largest absolute Gasteiger partial charge is 2.00 e. The van der Waals surface area contributed by atoms with E-state index in [9.17, 15) is 0 Å². The Morgan fingerprint density at radius 1 is 1.56 bits per heavy atom. The van der Waals surface area contributed by atoms with Gasteiger partial charge in [-0.05, 0) is 6.42 Å². The smallest absolute Gasteiger partial charge is 1.00 e. The van der Waals surface area contributed by atoms with Gasteiger partial charge in [0, 0.05) is 0 Å². The van der Waals surface area contributed by atoms with Crippen LogP contribution in [0.25, 0.3) is 0 Å². The van der Waals surface area contributed by atoms with E-state index in [1.54, 1.807) is 0 Å². The van der Waals surface area contributed by atoms with E-state index in [-0.39, 0.29) is 47.2 Å². The van der Waals surface area contributed by atoms with Gasteiger partial charge in [0.15, 0.2) is 0 Å². The Bertz CT molecular complexity index is 57.8. The average molecular weight is 160 g/mol.